The molecular weight excluding hydrogens is 156 g/mol. The predicted octanol–water partition coefficient (Wildman–Crippen LogP) is 0.0201. The van der Waals surface area contributed by atoms with Gasteiger partial charge in [-0.3, -0.25) is 5.41 Å². The van der Waals surface area contributed by atoms with E-state index < -0.39 is 0 Å². The van der Waals surface area contributed by atoms with Crippen LogP contribution in [0.4, 0.5) is 4.79 Å². The van der Waals surface area contributed by atoms with Gasteiger partial charge in [-0.15, -0.1) is 0 Å². The first-order valence-electron chi connectivity index (χ1n) is 3.70. The first-order valence-corrected chi connectivity index (χ1v) is 3.70. The molecule has 70 valence electrons. The molecule has 0 fully saturated rings. The fourth-order valence-electron chi connectivity index (χ4n) is 0.560. The van der Waals surface area contributed by atoms with Crippen LogP contribution in [0, 0.1) is 5.41 Å². The van der Waals surface area contributed by atoms with Crippen LogP contribution in [0.25, 0.3) is 0 Å². The summed E-state index contributed by atoms with van der Waals surface area (Å²) in [5.41, 5.74) is 4.78. The van der Waals surface area contributed by atoms with E-state index >= 15 is 0 Å². The first-order chi connectivity index (χ1) is 5.31. The number of urea groups is 1. The smallest absolute Gasteiger partial charge is 0.315 e. The lowest BCUT2D eigenvalue weighted by Gasteiger charge is -2.20. The molecule has 0 radical (unpaired) electrons. The summed E-state index contributed by atoms with van der Waals surface area (Å²) in [5, 5.41) is 12.0. The SMILES string of the molecule is CC(C)(C)NC(=O)NCC(=N)N. The molecule has 0 bridgehead atoms. The highest BCUT2D eigenvalue weighted by molar-refractivity contribution is 5.84. The zero-order valence-electron chi connectivity index (χ0n) is 7.69. The van der Waals surface area contributed by atoms with Crippen LogP contribution in [0.5, 0.6) is 0 Å². The molecule has 0 unspecified atom stereocenters. The van der Waals surface area contributed by atoms with E-state index in [1.54, 1.807) is 0 Å². The molecule has 0 aliphatic carbocycles. The summed E-state index contributed by atoms with van der Waals surface area (Å²) in [6.45, 7) is 5.71. The van der Waals surface area contributed by atoms with Crippen molar-refractivity contribution in [3.8, 4) is 0 Å². The van der Waals surface area contributed by atoms with Gasteiger partial charge < -0.3 is 16.4 Å². The van der Waals surface area contributed by atoms with Crippen LogP contribution in [-0.4, -0.2) is 24.0 Å². The number of carbonyl (C=O) groups is 1. The van der Waals surface area contributed by atoms with E-state index in [0.717, 1.165) is 0 Å². The van der Waals surface area contributed by atoms with Crippen LogP contribution in [-0.2, 0) is 0 Å². The minimum Gasteiger partial charge on any atom is -0.386 e. The molecule has 5 nitrogen and oxygen atoms in total. The van der Waals surface area contributed by atoms with Crippen molar-refractivity contribution < 1.29 is 4.79 Å². The average Bonchev–Trinajstić information content (AvgIpc) is 1.79. The van der Waals surface area contributed by atoms with Crippen molar-refractivity contribution in [3.63, 3.8) is 0 Å². The lowest BCUT2D eigenvalue weighted by molar-refractivity contribution is 0.233. The second-order valence-corrected chi connectivity index (χ2v) is 3.58. The first kappa shape index (κ1) is 10.7. The molecule has 0 aliphatic rings. The molecule has 12 heavy (non-hydrogen) atoms. The van der Waals surface area contributed by atoms with Crippen molar-refractivity contribution in [3.05, 3.63) is 0 Å². The number of carbonyl (C=O) groups excluding carboxylic acids is 1. The minimum atomic E-state index is -0.308. The highest BCUT2D eigenvalue weighted by atomic mass is 16.2. The molecule has 0 aromatic rings. The quantitative estimate of drug-likeness (QED) is 0.349. The monoisotopic (exact) mass is 172 g/mol. The molecule has 5 heteroatoms. The summed E-state index contributed by atoms with van der Waals surface area (Å²) in [4.78, 5) is 11.0. The van der Waals surface area contributed by atoms with Gasteiger partial charge in [-0.1, -0.05) is 0 Å². The second kappa shape index (κ2) is 3.94. The van der Waals surface area contributed by atoms with Gasteiger partial charge in [0.25, 0.3) is 0 Å². The van der Waals surface area contributed by atoms with Gasteiger partial charge in [0.15, 0.2) is 0 Å². The molecule has 0 saturated carbocycles. The van der Waals surface area contributed by atoms with Gasteiger partial charge in [0, 0.05) is 5.54 Å². The Morgan fingerprint density at radius 1 is 1.50 bits per heavy atom. The lowest BCUT2D eigenvalue weighted by atomic mass is 10.1. The third-order valence-corrected chi connectivity index (χ3v) is 0.928. The summed E-state index contributed by atoms with van der Waals surface area (Å²) in [6.07, 6.45) is 0. The maximum absolute atomic E-state index is 11.0. The van der Waals surface area contributed by atoms with Crippen molar-refractivity contribution in [2.24, 2.45) is 5.73 Å². The Hall–Kier alpha value is -1.26. The zero-order valence-corrected chi connectivity index (χ0v) is 7.69. The minimum absolute atomic E-state index is 0.0564. The van der Waals surface area contributed by atoms with Crippen LogP contribution >= 0.6 is 0 Å². The molecule has 0 aromatic carbocycles. The molecule has 0 aromatic heterocycles. The largest absolute Gasteiger partial charge is 0.386 e. The van der Waals surface area contributed by atoms with Crippen molar-refractivity contribution in [2.75, 3.05) is 6.54 Å². The van der Waals surface area contributed by atoms with Gasteiger partial charge in [-0.2, -0.15) is 0 Å². The lowest BCUT2D eigenvalue weighted by Crippen LogP contribution is -2.48. The number of amides is 2. The highest BCUT2D eigenvalue weighted by Crippen LogP contribution is 1.96. The fourth-order valence-corrected chi connectivity index (χ4v) is 0.560. The van der Waals surface area contributed by atoms with Crippen LogP contribution < -0.4 is 16.4 Å². The Morgan fingerprint density at radius 3 is 2.33 bits per heavy atom. The van der Waals surface area contributed by atoms with E-state index in [-0.39, 0.29) is 24.0 Å². The summed E-state index contributed by atoms with van der Waals surface area (Å²) in [5.74, 6) is -0.0564. The Balaban J connectivity index is 3.68. The van der Waals surface area contributed by atoms with Crippen LogP contribution in [0.1, 0.15) is 20.8 Å². The van der Waals surface area contributed by atoms with Gasteiger partial charge in [-0.05, 0) is 20.8 Å². The van der Waals surface area contributed by atoms with Gasteiger partial charge in [0.2, 0.25) is 0 Å². The number of hydrogen-bond acceptors (Lipinski definition) is 2. The normalized spacial score (nSPS) is 10.6. The van der Waals surface area contributed by atoms with E-state index in [2.05, 4.69) is 10.6 Å². The van der Waals surface area contributed by atoms with Gasteiger partial charge >= 0.3 is 6.03 Å². The average molecular weight is 172 g/mol. The number of nitrogens with two attached hydrogens (primary N) is 1. The van der Waals surface area contributed by atoms with E-state index in [0.29, 0.717) is 0 Å². The fraction of sp³-hybridized carbons (Fsp3) is 0.714. The van der Waals surface area contributed by atoms with Crippen molar-refractivity contribution >= 4 is 11.9 Å². The maximum atomic E-state index is 11.0. The zero-order chi connectivity index (χ0) is 9.78. The van der Waals surface area contributed by atoms with Gasteiger partial charge in [0.1, 0.15) is 5.84 Å². The molecule has 2 amide bonds. The topological polar surface area (TPSA) is 91.0 Å². The van der Waals surface area contributed by atoms with E-state index in [4.69, 9.17) is 11.1 Å². The Bertz CT molecular complexity index is 182. The molecular formula is C7H16N4O. The second-order valence-electron chi connectivity index (χ2n) is 3.58. The Labute approximate surface area is 72.2 Å². The molecule has 5 N–H and O–H groups in total. The van der Waals surface area contributed by atoms with Crippen molar-refractivity contribution in [2.45, 2.75) is 26.3 Å². The van der Waals surface area contributed by atoms with Gasteiger partial charge in [-0.25, -0.2) is 4.79 Å². The summed E-state index contributed by atoms with van der Waals surface area (Å²) >= 11 is 0. The van der Waals surface area contributed by atoms with Crippen LogP contribution in [0.3, 0.4) is 0 Å². The standard InChI is InChI=1S/C7H16N4O/c1-7(2,3)11-6(12)10-4-5(8)9/h4H2,1-3H3,(H3,8,9)(H2,10,11,12). The maximum Gasteiger partial charge on any atom is 0.315 e. The van der Waals surface area contributed by atoms with Crippen molar-refractivity contribution in [1.82, 2.24) is 10.6 Å². The van der Waals surface area contributed by atoms with E-state index in [1.165, 1.54) is 0 Å². The highest BCUT2D eigenvalue weighted by Gasteiger charge is 2.12. The number of nitrogens with one attached hydrogen (secondary N) is 3. The number of hydrogen-bond donors (Lipinski definition) is 4. The summed E-state index contributed by atoms with van der Waals surface area (Å²) in [6, 6.07) is -0.308. The predicted molar refractivity (Wildman–Crippen MR) is 48.2 cm³/mol. The number of amidine groups is 1. The third kappa shape index (κ3) is 6.85. The van der Waals surface area contributed by atoms with Gasteiger partial charge in [0.05, 0.1) is 6.54 Å². The summed E-state index contributed by atoms with van der Waals surface area (Å²) < 4.78 is 0. The molecule has 0 rings (SSSR count). The molecule has 0 heterocycles. The van der Waals surface area contributed by atoms with E-state index in [1.807, 2.05) is 20.8 Å². The molecule has 0 saturated heterocycles. The Morgan fingerprint density at radius 2 is 2.00 bits per heavy atom. The van der Waals surface area contributed by atoms with E-state index in [9.17, 15) is 4.79 Å². The molecule has 0 spiro atoms. The van der Waals surface area contributed by atoms with Crippen LogP contribution in [0.15, 0.2) is 0 Å². The number of rotatable bonds is 2. The van der Waals surface area contributed by atoms with Crippen molar-refractivity contribution in [1.29, 1.82) is 5.41 Å². The summed E-state index contributed by atoms with van der Waals surface area (Å²) in [7, 11) is 0. The van der Waals surface area contributed by atoms with Crippen LogP contribution in [0.2, 0.25) is 0 Å². The molecule has 0 atom stereocenters. The molecule has 0 aliphatic heterocycles. The Kier molecular flexibility index (Phi) is 3.53. The third-order valence-electron chi connectivity index (χ3n) is 0.928.